The molecule has 6 nitrogen and oxygen atoms in total. The Kier molecular flexibility index (Phi) is 7.66. The van der Waals surface area contributed by atoms with Gasteiger partial charge in [-0.1, -0.05) is 48.5 Å². The fourth-order valence-corrected chi connectivity index (χ4v) is 4.26. The zero-order valence-corrected chi connectivity index (χ0v) is 21.9. The Hall–Kier alpha value is -4.55. The molecule has 39 heavy (non-hydrogen) atoms. The Morgan fingerprint density at radius 3 is 2.36 bits per heavy atom. The van der Waals surface area contributed by atoms with Gasteiger partial charge in [0.1, 0.15) is 41.0 Å². The smallest absolute Gasteiger partial charge is 0.203 e. The molecule has 0 unspecified atom stereocenters. The summed E-state index contributed by atoms with van der Waals surface area (Å²) in [5, 5.41) is 9.92. The molecular formula is C33H30O6. The number of benzene rings is 4. The van der Waals surface area contributed by atoms with Gasteiger partial charge in [-0.3, -0.25) is 4.79 Å². The standard InChI is InChI=1S/C33H30O6/c1-33(2)18-17-28-30(39-33)16-13-24(20-34)32(28)37-22-29(35)27-15-14-26(38-25-11-7-4-8-12-25)19-31(27)36-21-23-9-5-3-6-10-23/h3-19,34H,20-22H2,1-2H3. The molecule has 0 aliphatic carbocycles. The highest BCUT2D eigenvalue weighted by Crippen LogP contribution is 2.39. The van der Waals surface area contributed by atoms with Gasteiger partial charge in [-0.15, -0.1) is 0 Å². The molecule has 4 aromatic rings. The topological polar surface area (TPSA) is 74.2 Å². The van der Waals surface area contributed by atoms with E-state index in [0.29, 0.717) is 45.4 Å². The number of Topliss-reactive ketones (excluding diaryl/α,β-unsaturated/α-hetero) is 1. The molecule has 1 heterocycles. The lowest BCUT2D eigenvalue weighted by Crippen LogP contribution is -2.27. The monoisotopic (exact) mass is 522 g/mol. The van der Waals surface area contributed by atoms with Crippen LogP contribution >= 0.6 is 0 Å². The lowest BCUT2D eigenvalue weighted by atomic mass is 9.99. The van der Waals surface area contributed by atoms with Gasteiger partial charge in [0.2, 0.25) is 5.78 Å². The van der Waals surface area contributed by atoms with Gasteiger partial charge < -0.3 is 24.1 Å². The lowest BCUT2D eigenvalue weighted by molar-refractivity contribution is 0.0913. The van der Waals surface area contributed by atoms with E-state index in [-0.39, 0.29) is 25.6 Å². The van der Waals surface area contributed by atoms with E-state index < -0.39 is 5.60 Å². The van der Waals surface area contributed by atoms with E-state index in [1.807, 2.05) is 92.7 Å². The van der Waals surface area contributed by atoms with Gasteiger partial charge >= 0.3 is 0 Å². The van der Waals surface area contributed by atoms with Crippen molar-refractivity contribution in [1.82, 2.24) is 0 Å². The van der Waals surface area contributed by atoms with Gasteiger partial charge in [-0.05, 0) is 68.0 Å². The molecule has 1 N–H and O–H groups in total. The number of ketones is 1. The first-order valence-electron chi connectivity index (χ1n) is 12.8. The van der Waals surface area contributed by atoms with Crippen LogP contribution in [0, 0.1) is 0 Å². The van der Waals surface area contributed by atoms with Gasteiger partial charge in [-0.25, -0.2) is 0 Å². The van der Waals surface area contributed by atoms with Crippen molar-refractivity contribution < 1.29 is 28.8 Å². The summed E-state index contributed by atoms with van der Waals surface area (Å²) in [5.41, 5.74) is 2.15. The van der Waals surface area contributed by atoms with Crippen molar-refractivity contribution in [2.24, 2.45) is 0 Å². The second-order valence-electron chi connectivity index (χ2n) is 9.72. The molecule has 0 saturated carbocycles. The summed E-state index contributed by atoms with van der Waals surface area (Å²) >= 11 is 0. The van der Waals surface area contributed by atoms with Crippen molar-refractivity contribution in [3.8, 4) is 28.7 Å². The summed E-state index contributed by atoms with van der Waals surface area (Å²) < 4.78 is 24.1. The average Bonchev–Trinajstić information content (AvgIpc) is 2.95. The zero-order chi connectivity index (χ0) is 27.2. The molecule has 1 aliphatic rings. The third-order valence-corrected chi connectivity index (χ3v) is 6.25. The van der Waals surface area contributed by atoms with E-state index in [1.165, 1.54) is 0 Å². The number of carbonyl (C=O) groups is 1. The fraction of sp³-hybridized carbons (Fsp3) is 0.182. The van der Waals surface area contributed by atoms with Crippen LogP contribution in [-0.4, -0.2) is 23.1 Å². The summed E-state index contributed by atoms with van der Waals surface area (Å²) in [5.74, 6) is 2.40. The van der Waals surface area contributed by atoms with Crippen molar-refractivity contribution in [2.75, 3.05) is 6.61 Å². The molecular weight excluding hydrogens is 492 g/mol. The third kappa shape index (κ3) is 6.30. The normalized spacial score (nSPS) is 13.2. The Labute approximate surface area is 228 Å². The maximum atomic E-state index is 13.4. The van der Waals surface area contributed by atoms with Crippen LogP contribution in [0.25, 0.3) is 6.08 Å². The van der Waals surface area contributed by atoms with Crippen LogP contribution in [-0.2, 0) is 13.2 Å². The summed E-state index contributed by atoms with van der Waals surface area (Å²) in [6.07, 6.45) is 3.83. The Balaban J connectivity index is 1.39. The second kappa shape index (κ2) is 11.5. The summed E-state index contributed by atoms with van der Waals surface area (Å²) in [6.45, 7) is 3.72. The van der Waals surface area contributed by atoms with Crippen LogP contribution in [0.15, 0.2) is 97.1 Å². The quantitative estimate of drug-likeness (QED) is 0.226. The number of rotatable bonds is 10. The molecule has 1 aliphatic heterocycles. The predicted molar refractivity (Wildman–Crippen MR) is 150 cm³/mol. The minimum atomic E-state index is -0.463. The third-order valence-electron chi connectivity index (χ3n) is 6.25. The predicted octanol–water partition coefficient (Wildman–Crippen LogP) is 7.00. The second-order valence-corrected chi connectivity index (χ2v) is 9.72. The molecule has 0 saturated heterocycles. The minimum absolute atomic E-state index is 0.231. The highest BCUT2D eigenvalue weighted by molar-refractivity contribution is 6.00. The SMILES string of the molecule is CC1(C)C=Cc2c(ccc(CO)c2OCC(=O)c2ccc(Oc3ccccc3)cc2OCc2ccccc2)O1. The molecule has 0 spiro atoms. The van der Waals surface area contributed by atoms with Crippen molar-refractivity contribution in [3.05, 3.63) is 119 Å². The first kappa shape index (κ1) is 26.1. The molecule has 0 radical (unpaired) electrons. The highest BCUT2D eigenvalue weighted by Gasteiger charge is 2.26. The van der Waals surface area contributed by atoms with Gasteiger partial charge in [0.05, 0.1) is 17.7 Å². The van der Waals surface area contributed by atoms with E-state index >= 15 is 0 Å². The molecule has 0 atom stereocenters. The molecule has 0 amide bonds. The largest absolute Gasteiger partial charge is 0.488 e. The van der Waals surface area contributed by atoms with Crippen molar-refractivity contribution in [2.45, 2.75) is 32.7 Å². The molecule has 0 bridgehead atoms. The summed E-state index contributed by atoms with van der Waals surface area (Å²) in [6, 6.07) is 27.8. The van der Waals surface area contributed by atoms with Crippen LogP contribution < -0.4 is 18.9 Å². The Bertz CT molecular complexity index is 1480. The van der Waals surface area contributed by atoms with E-state index in [4.69, 9.17) is 18.9 Å². The molecule has 6 heteroatoms. The highest BCUT2D eigenvalue weighted by atomic mass is 16.5. The fourth-order valence-electron chi connectivity index (χ4n) is 4.26. The number of fused-ring (bicyclic) bond motifs is 1. The number of hydrogen-bond acceptors (Lipinski definition) is 6. The minimum Gasteiger partial charge on any atom is -0.488 e. The molecule has 0 fully saturated rings. The van der Waals surface area contributed by atoms with Gasteiger partial charge in [0.25, 0.3) is 0 Å². The first-order chi connectivity index (χ1) is 18.9. The van der Waals surface area contributed by atoms with E-state index in [1.54, 1.807) is 24.3 Å². The van der Waals surface area contributed by atoms with Crippen molar-refractivity contribution >= 4 is 11.9 Å². The maximum Gasteiger partial charge on any atom is 0.203 e. The van der Waals surface area contributed by atoms with Crippen LogP contribution in [0.3, 0.4) is 0 Å². The zero-order valence-electron chi connectivity index (χ0n) is 21.9. The van der Waals surface area contributed by atoms with Crippen LogP contribution in [0.2, 0.25) is 0 Å². The number of ether oxygens (including phenoxy) is 4. The van der Waals surface area contributed by atoms with Crippen molar-refractivity contribution in [1.29, 1.82) is 0 Å². The number of para-hydroxylation sites is 1. The maximum absolute atomic E-state index is 13.4. The lowest BCUT2D eigenvalue weighted by Gasteiger charge is -2.29. The molecule has 5 rings (SSSR count). The van der Waals surface area contributed by atoms with Gasteiger partial charge in [0.15, 0.2) is 6.61 Å². The van der Waals surface area contributed by atoms with Gasteiger partial charge in [-0.2, -0.15) is 0 Å². The van der Waals surface area contributed by atoms with Crippen LogP contribution in [0.4, 0.5) is 0 Å². The Morgan fingerprint density at radius 2 is 1.62 bits per heavy atom. The van der Waals surface area contributed by atoms with E-state index in [0.717, 1.165) is 5.56 Å². The van der Waals surface area contributed by atoms with E-state index in [2.05, 4.69) is 0 Å². The number of aliphatic hydroxyl groups excluding tert-OH is 1. The van der Waals surface area contributed by atoms with Crippen molar-refractivity contribution in [3.63, 3.8) is 0 Å². The van der Waals surface area contributed by atoms with Gasteiger partial charge in [0, 0.05) is 11.6 Å². The number of aliphatic hydroxyl groups is 1. The summed E-state index contributed by atoms with van der Waals surface area (Å²) in [7, 11) is 0. The summed E-state index contributed by atoms with van der Waals surface area (Å²) in [4.78, 5) is 13.4. The molecule has 198 valence electrons. The van der Waals surface area contributed by atoms with E-state index in [9.17, 15) is 9.90 Å². The first-order valence-corrected chi connectivity index (χ1v) is 12.8. The number of carbonyl (C=O) groups excluding carboxylic acids is 1. The molecule has 0 aromatic heterocycles. The van der Waals surface area contributed by atoms with Crippen LogP contribution in [0.1, 0.15) is 40.9 Å². The van der Waals surface area contributed by atoms with Crippen LogP contribution in [0.5, 0.6) is 28.7 Å². The average molecular weight is 523 g/mol. The molecule has 4 aromatic carbocycles. The number of hydrogen-bond donors (Lipinski definition) is 1. The Morgan fingerprint density at radius 1 is 0.872 bits per heavy atom.